The Kier molecular flexibility index (Phi) is 3.25. The van der Waals surface area contributed by atoms with Gasteiger partial charge in [-0.3, -0.25) is 4.79 Å². The molecule has 0 saturated heterocycles. The summed E-state index contributed by atoms with van der Waals surface area (Å²) in [6, 6.07) is 0. The minimum absolute atomic E-state index is 0.421. The monoisotopic (exact) mass is 140 g/mol. The van der Waals surface area contributed by atoms with E-state index in [9.17, 15) is 4.79 Å². The first kappa shape index (κ1) is 8.75. The molecule has 0 spiro atoms. The van der Waals surface area contributed by atoms with Gasteiger partial charge >= 0.3 is 0 Å². The van der Waals surface area contributed by atoms with E-state index < -0.39 is 5.91 Å². The third-order valence-corrected chi connectivity index (χ3v) is 0.902. The molecule has 0 fully saturated rings. The lowest BCUT2D eigenvalue weighted by Gasteiger charge is -2.05. The smallest absolute Gasteiger partial charge is 0.250 e. The summed E-state index contributed by atoms with van der Waals surface area (Å²) in [4.78, 5) is 12.3. The number of nitrogens with zero attached hydrogens (tertiary/aromatic N) is 1. The summed E-state index contributed by atoms with van der Waals surface area (Å²) in [5.41, 5.74) is 5.41. The summed E-state index contributed by atoms with van der Waals surface area (Å²) in [5.74, 6) is -0.455. The van der Waals surface area contributed by atoms with E-state index in [1.165, 1.54) is 6.08 Å². The van der Waals surface area contributed by atoms with Crippen LogP contribution in [0, 0.1) is 0 Å². The van der Waals surface area contributed by atoms with Crippen molar-refractivity contribution in [2.75, 3.05) is 14.1 Å². The normalized spacial score (nSPS) is 10.8. The van der Waals surface area contributed by atoms with Crippen LogP contribution in [0.3, 0.4) is 0 Å². The van der Waals surface area contributed by atoms with Crippen LogP contribution in [0.1, 0.15) is 0 Å². The van der Waals surface area contributed by atoms with Crippen LogP contribution in [0.25, 0.3) is 0 Å². The van der Waals surface area contributed by atoms with E-state index in [1.54, 1.807) is 11.1 Å². The first-order valence-electron chi connectivity index (χ1n) is 2.88. The second-order valence-corrected chi connectivity index (χ2v) is 2.12. The molecular weight excluding hydrogens is 128 g/mol. The van der Waals surface area contributed by atoms with Crippen LogP contribution in [0.2, 0.25) is 0 Å². The van der Waals surface area contributed by atoms with Gasteiger partial charge in [-0.15, -0.1) is 0 Å². The molecule has 0 saturated carbocycles. The number of hydrogen-bond donors (Lipinski definition) is 1. The van der Waals surface area contributed by atoms with Crippen molar-refractivity contribution >= 4 is 5.91 Å². The Balaban J connectivity index is 4.33. The highest BCUT2D eigenvalue weighted by Gasteiger charge is 1.97. The van der Waals surface area contributed by atoms with Gasteiger partial charge < -0.3 is 10.6 Å². The fourth-order valence-electron chi connectivity index (χ4n) is 0.495. The lowest BCUT2D eigenvalue weighted by molar-refractivity contribution is -0.114. The molecule has 0 rings (SSSR count). The Morgan fingerprint density at radius 1 is 1.60 bits per heavy atom. The second-order valence-electron chi connectivity index (χ2n) is 2.12. The van der Waals surface area contributed by atoms with Crippen molar-refractivity contribution in [1.29, 1.82) is 0 Å². The number of hydrogen-bond acceptors (Lipinski definition) is 2. The molecule has 0 aromatic heterocycles. The maximum Gasteiger partial charge on any atom is 0.250 e. The van der Waals surface area contributed by atoms with Crippen molar-refractivity contribution in [1.82, 2.24) is 4.90 Å². The summed E-state index contributed by atoms with van der Waals surface area (Å²) in [6.07, 6.45) is 3.05. The molecule has 0 unspecified atom stereocenters. The maximum atomic E-state index is 10.5. The van der Waals surface area contributed by atoms with Gasteiger partial charge in [0.05, 0.1) is 5.57 Å². The predicted octanol–water partition coefficient (Wildman–Crippen LogP) is 0.103. The minimum Gasteiger partial charge on any atom is -0.383 e. The van der Waals surface area contributed by atoms with Gasteiger partial charge in [-0.25, -0.2) is 0 Å². The van der Waals surface area contributed by atoms with Crippen molar-refractivity contribution in [3.63, 3.8) is 0 Å². The zero-order valence-corrected chi connectivity index (χ0v) is 6.29. The first-order valence-corrected chi connectivity index (χ1v) is 2.88. The first-order chi connectivity index (χ1) is 4.57. The van der Waals surface area contributed by atoms with Crippen LogP contribution in [-0.4, -0.2) is 24.9 Å². The van der Waals surface area contributed by atoms with Crippen LogP contribution < -0.4 is 5.73 Å². The summed E-state index contributed by atoms with van der Waals surface area (Å²) in [6.45, 7) is 3.44. The number of carbonyl (C=O) groups excluding carboxylic acids is 1. The lowest BCUT2D eigenvalue weighted by Crippen LogP contribution is -2.15. The average molecular weight is 140 g/mol. The zero-order chi connectivity index (χ0) is 8.15. The minimum atomic E-state index is -0.455. The fourth-order valence-corrected chi connectivity index (χ4v) is 0.495. The van der Waals surface area contributed by atoms with Crippen molar-refractivity contribution in [2.45, 2.75) is 0 Å². The molecule has 10 heavy (non-hydrogen) atoms. The molecule has 56 valence electrons. The molecule has 0 heterocycles. The zero-order valence-electron chi connectivity index (χ0n) is 6.29. The molecule has 3 heteroatoms. The highest BCUT2D eigenvalue weighted by atomic mass is 16.1. The van der Waals surface area contributed by atoms with Crippen LogP contribution in [-0.2, 0) is 4.79 Å². The molecule has 0 aliphatic rings. The molecule has 0 radical (unpaired) electrons. The summed E-state index contributed by atoms with van der Waals surface area (Å²) in [5, 5.41) is 0. The molecule has 0 aromatic carbocycles. The van der Waals surface area contributed by atoms with Gasteiger partial charge in [0.25, 0.3) is 0 Å². The van der Waals surface area contributed by atoms with E-state index in [2.05, 4.69) is 6.58 Å². The molecule has 0 atom stereocenters. The molecule has 1 amide bonds. The second kappa shape index (κ2) is 3.71. The molecule has 0 bridgehead atoms. The number of carbonyl (C=O) groups is 1. The van der Waals surface area contributed by atoms with E-state index in [-0.39, 0.29) is 0 Å². The standard InChI is InChI=1S/C7H12N2O/c1-4-6(7(8)10)5-9(2)3/h4-5H,1H2,2-3H3,(H2,8,10)/b6-5+. The SMILES string of the molecule is C=C/C(=C\N(C)C)C(N)=O. The Morgan fingerprint density at radius 2 is 2.10 bits per heavy atom. The van der Waals surface area contributed by atoms with Gasteiger partial charge in [0.2, 0.25) is 5.91 Å². The third-order valence-electron chi connectivity index (χ3n) is 0.902. The fraction of sp³-hybridized carbons (Fsp3) is 0.286. The topological polar surface area (TPSA) is 46.3 Å². The predicted molar refractivity (Wildman–Crippen MR) is 41.2 cm³/mol. The molecule has 0 aliphatic carbocycles. The number of primary amides is 1. The van der Waals surface area contributed by atoms with Crippen LogP contribution in [0.4, 0.5) is 0 Å². The van der Waals surface area contributed by atoms with Gasteiger partial charge in [0.15, 0.2) is 0 Å². The average Bonchev–Trinajstić information content (AvgIpc) is 1.81. The van der Waals surface area contributed by atoms with E-state index in [1.807, 2.05) is 14.1 Å². The third kappa shape index (κ3) is 2.91. The Morgan fingerprint density at radius 3 is 2.20 bits per heavy atom. The van der Waals surface area contributed by atoms with Crippen molar-refractivity contribution in [2.24, 2.45) is 5.73 Å². The van der Waals surface area contributed by atoms with Crippen molar-refractivity contribution < 1.29 is 4.79 Å². The van der Waals surface area contributed by atoms with Crippen molar-refractivity contribution in [3.8, 4) is 0 Å². The highest BCUT2D eigenvalue weighted by molar-refractivity contribution is 5.94. The summed E-state index contributed by atoms with van der Waals surface area (Å²) < 4.78 is 0. The number of nitrogens with two attached hydrogens (primary N) is 1. The maximum absolute atomic E-state index is 10.5. The number of amides is 1. The van der Waals surface area contributed by atoms with E-state index in [0.717, 1.165) is 0 Å². The number of rotatable bonds is 3. The highest BCUT2D eigenvalue weighted by Crippen LogP contribution is 1.94. The van der Waals surface area contributed by atoms with Gasteiger partial charge in [0, 0.05) is 20.3 Å². The molecule has 0 aliphatic heterocycles. The summed E-state index contributed by atoms with van der Waals surface area (Å²) >= 11 is 0. The van der Waals surface area contributed by atoms with Gasteiger partial charge in [-0.05, 0) is 0 Å². The van der Waals surface area contributed by atoms with Crippen LogP contribution in [0.15, 0.2) is 24.4 Å². The Labute approximate surface area is 60.8 Å². The Bertz CT molecular complexity index is 170. The molecule has 2 N–H and O–H groups in total. The van der Waals surface area contributed by atoms with Gasteiger partial charge in [-0.2, -0.15) is 0 Å². The van der Waals surface area contributed by atoms with E-state index in [4.69, 9.17) is 5.73 Å². The largest absolute Gasteiger partial charge is 0.383 e. The van der Waals surface area contributed by atoms with E-state index in [0.29, 0.717) is 5.57 Å². The van der Waals surface area contributed by atoms with Gasteiger partial charge in [-0.1, -0.05) is 12.7 Å². The molecular formula is C7H12N2O. The molecule has 3 nitrogen and oxygen atoms in total. The van der Waals surface area contributed by atoms with Crippen LogP contribution in [0.5, 0.6) is 0 Å². The lowest BCUT2D eigenvalue weighted by atomic mass is 10.3. The Hall–Kier alpha value is -1.25. The quantitative estimate of drug-likeness (QED) is 0.446. The van der Waals surface area contributed by atoms with Crippen LogP contribution >= 0.6 is 0 Å². The van der Waals surface area contributed by atoms with Crippen molar-refractivity contribution in [3.05, 3.63) is 24.4 Å². The molecule has 0 aromatic rings. The van der Waals surface area contributed by atoms with Gasteiger partial charge in [0.1, 0.15) is 0 Å². The summed E-state index contributed by atoms with van der Waals surface area (Å²) in [7, 11) is 3.62. The van der Waals surface area contributed by atoms with E-state index >= 15 is 0 Å².